The minimum absolute atomic E-state index is 0.214. The van der Waals surface area contributed by atoms with Crippen molar-refractivity contribution in [3.8, 4) is 5.75 Å². The van der Waals surface area contributed by atoms with E-state index < -0.39 is 6.04 Å². The Kier molecular flexibility index (Phi) is 3.31. The van der Waals surface area contributed by atoms with Crippen molar-refractivity contribution in [2.75, 3.05) is 20.7 Å². The number of rotatable bonds is 3. The molecule has 0 spiro atoms. The maximum absolute atomic E-state index is 11.7. The predicted octanol–water partition coefficient (Wildman–Crippen LogP) is 0.214. The number of nitrogens with zero attached hydrogens (tertiary/aromatic N) is 1. The third kappa shape index (κ3) is 2.57. The van der Waals surface area contributed by atoms with Crippen molar-refractivity contribution >= 4 is 5.91 Å². The van der Waals surface area contributed by atoms with E-state index in [2.05, 4.69) is 5.43 Å². The van der Waals surface area contributed by atoms with Gasteiger partial charge in [0.05, 0.1) is 6.61 Å². The van der Waals surface area contributed by atoms with Crippen molar-refractivity contribution in [1.29, 1.82) is 0 Å². The van der Waals surface area contributed by atoms with Gasteiger partial charge in [-0.2, -0.15) is 0 Å². The summed E-state index contributed by atoms with van der Waals surface area (Å²) in [7, 11) is 3.50. The summed E-state index contributed by atoms with van der Waals surface area (Å²) in [5.74, 6) is 0.683. The van der Waals surface area contributed by atoms with Gasteiger partial charge in [0.2, 0.25) is 0 Å². The summed E-state index contributed by atoms with van der Waals surface area (Å²) in [6.45, 7) is 0.706. The number of ether oxygens (including phenoxy) is 1. The Bertz CT molecular complexity index is 432. The van der Waals surface area contributed by atoms with Crippen molar-refractivity contribution in [3.05, 3.63) is 29.3 Å². The van der Waals surface area contributed by atoms with Gasteiger partial charge in [0.25, 0.3) is 5.91 Å². The van der Waals surface area contributed by atoms with Gasteiger partial charge in [-0.05, 0) is 23.3 Å². The summed E-state index contributed by atoms with van der Waals surface area (Å²) in [5, 5.41) is 1.58. The normalized spacial score (nSPS) is 15.3. The zero-order valence-electron chi connectivity index (χ0n) is 10.1. The van der Waals surface area contributed by atoms with Gasteiger partial charge in [0, 0.05) is 20.5 Å². The molecule has 5 nitrogen and oxygen atoms in total. The van der Waals surface area contributed by atoms with Crippen LogP contribution in [0.3, 0.4) is 0 Å². The molecule has 17 heavy (non-hydrogen) atoms. The molecule has 1 aliphatic heterocycles. The number of carbonyl (C=O) groups excluding carboxylic acids is 1. The second kappa shape index (κ2) is 4.73. The van der Waals surface area contributed by atoms with Crippen LogP contribution in [0.1, 0.15) is 17.2 Å². The molecule has 3 N–H and O–H groups in total. The lowest BCUT2D eigenvalue weighted by Crippen LogP contribution is -2.42. The Labute approximate surface area is 101 Å². The maximum Gasteiger partial charge on any atom is 0.255 e. The highest BCUT2D eigenvalue weighted by atomic mass is 16.5. The van der Waals surface area contributed by atoms with Gasteiger partial charge in [-0.3, -0.25) is 10.2 Å². The van der Waals surface area contributed by atoms with Crippen LogP contribution in [0.15, 0.2) is 18.2 Å². The average molecular weight is 235 g/mol. The second-order valence-corrected chi connectivity index (χ2v) is 4.31. The van der Waals surface area contributed by atoms with E-state index in [0.717, 1.165) is 23.3 Å². The van der Waals surface area contributed by atoms with E-state index >= 15 is 0 Å². The summed E-state index contributed by atoms with van der Waals surface area (Å²) in [6.07, 6.45) is 0.880. The monoisotopic (exact) mass is 235 g/mol. The Hall–Kier alpha value is -1.59. The summed E-state index contributed by atoms with van der Waals surface area (Å²) >= 11 is 0. The first-order valence-electron chi connectivity index (χ1n) is 5.57. The number of hydrogen-bond acceptors (Lipinski definition) is 4. The molecule has 0 fully saturated rings. The number of amides is 1. The molecule has 1 aliphatic rings. The molecule has 1 heterocycles. The van der Waals surface area contributed by atoms with E-state index in [1.54, 1.807) is 19.1 Å². The molecule has 2 rings (SSSR count). The Morgan fingerprint density at radius 2 is 2.29 bits per heavy atom. The smallest absolute Gasteiger partial charge is 0.255 e. The van der Waals surface area contributed by atoms with Crippen molar-refractivity contribution in [2.24, 2.45) is 5.73 Å². The van der Waals surface area contributed by atoms with Crippen molar-refractivity contribution < 1.29 is 9.53 Å². The van der Waals surface area contributed by atoms with Crippen LogP contribution in [0, 0.1) is 0 Å². The largest absolute Gasteiger partial charge is 0.493 e. The van der Waals surface area contributed by atoms with Crippen LogP contribution in [0.4, 0.5) is 0 Å². The molecule has 1 aromatic carbocycles. The van der Waals surface area contributed by atoms with Gasteiger partial charge in [-0.15, -0.1) is 0 Å². The lowest BCUT2D eigenvalue weighted by molar-refractivity contribution is -0.126. The fourth-order valence-electron chi connectivity index (χ4n) is 1.84. The molecule has 0 saturated carbocycles. The van der Waals surface area contributed by atoms with Crippen molar-refractivity contribution in [3.63, 3.8) is 0 Å². The van der Waals surface area contributed by atoms with Gasteiger partial charge in [-0.25, -0.2) is 5.01 Å². The standard InChI is InChI=1S/C12H17N3O2/c1-15(2)14-12(16)11(13)9-3-4-10-8(7-9)5-6-17-10/h3-4,7,11H,5-6,13H2,1-2H3,(H,14,16). The molecule has 0 radical (unpaired) electrons. The molecule has 92 valence electrons. The SMILES string of the molecule is CN(C)NC(=O)C(N)c1ccc2c(c1)CCO2. The third-order valence-corrected chi connectivity index (χ3v) is 2.69. The summed E-state index contributed by atoms with van der Waals surface area (Å²) < 4.78 is 5.41. The second-order valence-electron chi connectivity index (χ2n) is 4.31. The van der Waals surface area contributed by atoms with E-state index in [-0.39, 0.29) is 5.91 Å². The van der Waals surface area contributed by atoms with Crippen LogP contribution in [0.25, 0.3) is 0 Å². The Morgan fingerprint density at radius 3 is 3.00 bits per heavy atom. The van der Waals surface area contributed by atoms with Gasteiger partial charge in [0.15, 0.2) is 0 Å². The first kappa shape index (κ1) is 11.9. The molecule has 0 aliphatic carbocycles. The van der Waals surface area contributed by atoms with Gasteiger partial charge in [0.1, 0.15) is 11.8 Å². The zero-order chi connectivity index (χ0) is 12.4. The van der Waals surface area contributed by atoms with E-state index in [1.807, 2.05) is 18.2 Å². The average Bonchev–Trinajstić information content (AvgIpc) is 2.73. The van der Waals surface area contributed by atoms with Crippen molar-refractivity contribution in [2.45, 2.75) is 12.5 Å². The molecule has 1 unspecified atom stereocenters. The fourth-order valence-corrected chi connectivity index (χ4v) is 1.84. The van der Waals surface area contributed by atoms with Crippen molar-refractivity contribution in [1.82, 2.24) is 10.4 Å². The molecule has 1 aromatic rings. The van der Waals surface area contributed by atoms with Crippen LogP contribution in [0.5, 0.6) is 5.75 Å². The number of carbonyl (C=O) groups is 1. The van der Waals surface area contributed by atoms with Crippen LogP contribution >= 0.6 is 0 Å². The number of nitrogens with two attached hydrogens (primary N) is 1. The van der Waals surface area contributed by atoms with Crippen LogP contribution in [-0.4, -0.2) is 31.6 Å². The highest BCUT2D eigenvalue weighted by Gasteiger charge is 2.19. The predicted molar refractivity (Wildman–Crippen MR) is 64.4 cm³/mol. The summed E-state index contributed by atoms with van der Waals surface area (Å²) in [5.41, 5.74) is 10.5. The number of fused-ring (bicyclic) bond motifs is 1. The van der Waals surface area contributed by atoms with Crippen LogP contribution in [0.2, 0.25) is 0 Å². The quantitative estimate of drug-likeness (QED) is 0.735. The fraction of sp³-hybridized carbons (Fsp3) is 0.417. The number of hydrazine groups is 1. The van der Waals surface area contributed by atoms with Crippen LogP contribution < -0.4 is 15.9 Å². The van der Waals surface area contributed by atoms with E-state index in [9.17, 15) is 4.79 Å². The minimum Gasteiger partial charge on any atom is -0.493 e. The summed E-state index contributed by atoms with van der Waals surface area (Å²) in [6, 6.07) is 5.01. The van der Waals surface area contributed by atoms with Gasteiger partial charge in [-0.1, -0.05) is 6.07 Å². The first-order chi connectivity index (χ1) is 8.08. The lowest BCUT2D eigenvalue weighted by Gasteiger charge is -2.17. The third-order valence-electron chi connectivity index (χ3n) is 2.69. The van der Waals surface area contributed by atoms with Crippen LogP contribution in [-0.2, 0) is 11.2 Å². The molecular formula is C12H17N3O2. The number of benzene rings is 1. The zero-order valence-corrected chi connectivity index (χ0v) is 10.1. The topological polar surface area (TPSA) is 67.6 Å². The molecule has 0 aromatic heterocycles. The Morgan fingerprint density at radius 1 is 1.53 bits per heavy atom. The van der Waals surface area contributed by atoms with Gasteiger partial charge < -0.3 is 10.5 Å². The Balaban J connectivity index is 2.14. The molecule has 0 saturated heterocycles. The highest BCUT2D eigenvalue weighted by Crippen LogP contribution is 2.27. The molecule has 5 heteroatoms. The highest BCUT2D eigenvalue weighted by molar-refractivity contribution is 5.82. The van der Waals surface area contributed by atoms with Gasteiger partial charge >= 0.3 is 0 Å². The number of nitrogens with one attached hydrogen (secondary N) is 1. The molecule has 1 amide bonds. The number of hydrogen-bond donors (Lipinski definition) is 2. The van der Waals surface area contributed by atoms with E-state index in [1.165, 1.54) is 0 Å². The summed E-state index contributed by atoms with van der Waals surface area (Å²) in [4.78, 5) is 11.7. The van der Waals surface area contributed by atoms with E-state index in [0.29, 0.717) is 6.61 Å². The lowest BCUT2D eigenvalue weighted by atomic mass is 10.0. The molecule has 0 bridgehead atoms. The molecule has 1 atom stereocenters. The van der Waals surface area contributed by atoms with E-state index in [4.69, 9.17) is 10.5 Å². The first-order valence-corrected chi connectivity index (χ1v) is 5.57. The minimum atomic E-state index is -0.650. The molecular weight excluding hydrogens is 218 g/mol. The maximum atomic E-state index is 11.7.